The molecule has 0 bridgehead atoms. The predicted octanol–water partition coefficient (Wildman–Crippen LogP) is 3.80. The topological polar surface area (TPSA) is 38.5 Å². The smallest absolute Gasteiger partial charge is 0.144 e. The zero-order chi connectivity index (χ0) is 14.5. The first-order chi connectivity index (χ1) is 9.61. The van der Waals surface area contributed by atoms with Gasteiger partial charge in [0.15, 0.2) is 0 Å². The zero-order valence-corrected chi connectivity index (χ0v) is 13.1. The normalized spacial score (nSPS) is 12.2. The largest absolute Gasteiger partial charge is 0.492 e. The van der Waals surface area contributed by atoms with Crippen LogP contribution in [0.4, 0.5) is 11.4 Å². The van der Waals surface area contributed by atoms with Gasteiger partial charge in [0.05, 0.1) is 12.3 Å². The van der Waals surface area contributed by atoms with Crippen LogP contribution in [0.3, 0.4) is 0 Å². The van der Waals surface area contributed by atoms with E-state index in [9.17, 15) is 0 Å². The highest BCUT2D eigenvalue weighted by atomic mass is 32.1. The number of likely N-dealkylation sites (N-methyl/N-ethyl adjacent to an activating group) is 1. The molecule has 0 aliphatic rings. The molecule has 1 atom stereocenters. The zero-order valence-electron chi connectivity index (χ0n) is 12.3. The summed E-state index contributed by atoms with van der Waals surface area (Å²) >= 11 is 1.81. The lowest BCUT2D eigenvalue weighted by Crippen LogP contribution is -2.30. The molecule has 0 spiro atoms. The molecular formula is C16H22N2OS. The minimum atomic E-state index is 0.423. The van der Waals surface area contributed by atoms with Gasteiger partial charge in [-0.25, -0.2) is 0 Å². The summed E-state index contributed by atoms with van der Waals surface area (Å²) in [5.41, 5.74) is 7.74. The molecule has 20 heavy (non-hydrogen) atoms. The lowest BCUT2D eigenvalue weighted by Gasteiger charge is -2.27. The van der Waals surface area contributed by atoms with Crippen LogP contribution in [0.2, 0.25) is 0 Å². The van der Waals surface area contributed by atoms with Crippen molar-refractivity contribution in [3.8, 4) is 5.75 Å². The van der Waals surface area contributed by atoms with E-state index in [1.807, 2.05) is 25.1 Å². The number of ether oxygens (including phenoxy) is 1. The Morgan fingerprint density at radius 2 is 2.15 bits per heavy atom. The minimum absolute atomic E-state index is 0.423. The first kappa shape index (κ1) is 14.7. The molecule has 108 valence electrons. The third-order valence-corrected chi connectivity index (χ3v) is 4.34. The standard InChI is InChI=1S/C16H22N2OS/c1-4-19-16-11-13(7-8-15(16)17)18(3)12(2)10-14-6-5-9-20-14/h5-9,11-12H,4,10,17H2,1-3H3. The van der Waals surface area contributed by atoms with Crippen LogP contribution in [0.5, 0.6) is 5.75 Å². The molecule has 1 aromatic carbocycles. The number of nitrogens with two attached hydrogens (primary N) is 1. The fourth-order valence-electron chi connectivity index (χ4n) is 2.13. The molecule has 1 aromatic heterocycles. The van der Waals surface area contributed by atoms with Gasteiger partial charge >= 0.3 is 0 Å². The quantitative estimate of drug-likeness (QED) is 0.822. The van der Waals surface area contributed by atoms with Crippen molar-refractivity contribution < 1.29 is 4.74 Å². The molecule has 1 unspecified atom stereocenters. The summed E-state index contributed by atoms with van der Waals surface area (Å²) in [6, 6.07) is 10.7. The van der Waals surface area contributed by atoms with E-state index in [0.29, 0.717) is 18.3 Å². The van der Waals surface area contributed by atoms with Crippen molar-refractivity contribution in [2.24, 2.45) is 0 Å². The number of benzene rings is 1. The molecular weight excluding hydrogens is 268 g/mol. The molecule has 2 aromatic rings. The van der Waals surface area contributed by atoms with Crippen molar-refractivity contribution in [2.75, 3.05) is 24.3 Å². The highest BCUT2D eigenvalue weighted by molar-refractivity contribution is 7.09. The maximum atomic E-state index is 5.92. The maximum absolute atomic E-state index is 5.92. The van der Waals surface area contributed by atoms with Crippen LogP contribution < -0.4 is 15.4 Å². The second-order valence-corrected chi connectivity index (χ2v) is 5.93. The Morgan fingerprint density at radius 1 is 1.35 bits per heavy atom. The molecule has 3 nitrogen and oxygen atoms in total. The summed E-state index contributed by atoms with van der Waals surface area (Å²) in [7, 11) is 2.11. The average Bonchev–Trinajstić information content (AvgIpc) is 2.93. The summed E-state index contributed by atoms with van der Waals surface area (Å²) in [4.78, 5) is 3.67. The van der Waals surface area contributed by atoms with E-state index in [4.69, 9.17) is 10.5 Å². The first-order valence-electron chi connectivity index (χ1n) is 6.89. The summed E-state index contributed by atoms with van der Waals surface area (Å²) in [6.45, 7) is 4.83. The van der Waals surface area contributed by atoms with Crippen molar-refractivity contribution in [1.82, 2.24) is 0 Å². The van der Waals surface area contributed by atoms with E-state index in [1.165, 1.54) is 4.88 Å². The van der Waals surface area contributed by atoms with Gasteiger partial charge in [0.25, 0.3) is 0 Å². The van der Waals surface area contributed by atoms with Gasteiger partial charge in [-0.05, 0) is 37.4 Å². The fourth-order valence-corrected chi connectivity index (χ4v) is 2.96. The van der Waals surface area contributed by atoms with E-state index in [1.54, 1.807) is 11.3 Å². The Morgan fingerprint density at radius 3 is 2.80 bits per heavy atom. The molecule has 0 radical (unpaired) electrons. The predicted molar refractivity (Wildman–Crippen MR) is 87.9 cm³/mol. The summed E-state index contributed by atoms with van der Waals surface area (Å²) < 4.78 is 5.56. The van der Waals surface area contributed by atoms with Gasteiger partial charge in [0.1, 0.15) is 5.75 Å². The van der Waals surface area contributed by atoms with E-state index in [2.05, 4.69) is 36.4 Å². The lowest BCUT2D eigenvalue weighted by molar-refractivity contribution is 0.342. The van der Waals surface area contributed by atoms with Crippen LogP contribution in [0.15, 0.2) is 35.7 Å². The van der Waals surface area contributed by atoms with Gasteiger partial charge in [-0.2, -0.15) is 0 Å². The molecule has 0 aliphatic heterocycles. The molecule has 0 saturated carbocycles. The molecule has 0 fully saturated rings. The van der Waals surface area contributed by atoms with Crippen LogP contribution in [-0.4, -0.2) is 19.7 Å². The Kier molecular flexibility index (Phi) is 4.90. The Hall–Kier alpha value is -1.68. The van der Waals surface area contributed by atoms with Crippen molar-refractivity contribution in [1.29, 1.82) is 0 Å². The molecule has 0 amide bonds. The Balaban J connectivity index is 2.11. The number of nitrogens with zero attached hydrogens (tertiary/aromatic N) is 1. The van der Waals surface area contributed by atoms with Crippen molar-refractivity contribution in [2.45, 2.75) is 26.3 Å². The maximum Gasteiger partial charge on any atom is 0.144 e. The minimum Gasteiger partial charge on any atom is -0.492 e. The summed E-state index contributed by atoms with van der Waals surface area (Å²) in [6.07, 6.45) is 1.04. The van der Waals surface area contributed by atoms with Crippen LogP contribution in [0, 0.1) is 0 Å². The van der Waals surface area contributed by atoms with Crippen molar-refractivity contribution in [3.05, 3.63) is 40.6 Å². The van der Waals surface area contributed by atoms with Crippen molar-refractivity contribution in [3.63, 3.8) is 0 Å². The first-order valence-corrected chi connectivity index (χ1v) is 7.77. The molecule has 0 saturated heterocycles. The fraction of sp³-hybridized carbons (Fsp3) is 0.375. The number of rotatable bonds is 6. The monoisotopic (exact) mass is 290 g/mol. The van der Waals surface area contributed by atoms with Crippen LogP contribution in [0.1, 0.15) is 18.7 Å². The third-order valence-electron chi connectivity index (χ3n) is 3.44. The average molecular weight is 290 g/mol. The van der Waals surface area contributed by atoms with Gasteiger partial charge < -0.3 is 15.4 Å². The molecule has 4 heteroatoms. The van der Waals surface area contributed by atoms with E-state index in [0.717, 1.165) is 17.9 Å². The lowest BCUT2D eigenvalue weighted by atomic mass is 10.1. The highest BCUT2D eigenvalue weighted by Crippen LogP contribution is 2.28. The van der Waals surface area contributed by atoms with Crippen LogP contribution >= 0.6 is 11.3 Å². The number of hydrogen-bond acceptors (Lipinski definition) is 4. The van der Waals surface area contributed by atoms with Gasteiger partial charge in [-0.1, -0.05) is 6.07 Å². The number of anilines is 2. The van der Waals surface area contributed by atoms with Crippen LogP contribution in [0.25, 0.3) is 0 Å². The van der Waals surface area contributed by atoms with Gasteiger partial charge in [-0.15, -0.1) is 11.3 Å². The second kappa shape index (κ2) is 6.66. The summed E-state index contributed by atoms with van der Waals surface area (Å²) in [5.74, 6) is 0.764. The molecule has 0 aliphatic carbocycles. The molecule has 2 rings (SSSR count). The molecule has 2 N–H and O–H groups in total. The van der Waals surface area contributed by atoms with Crippen molar-refractivity contribution >= 4 is 22.7 Å². The summed E-state index contributed by atoms with van der Waals surface area (Å²) in [5, 5.41) is 2.12. The van der Waals surface area contributed by atoms with E-state index < -0.39 is 0 Å². The number of nitrogen functional groups attached to an aromatic ring is 1. The van der Waals surface area contributed by atoms with E-state index in [-0.39, 0.29) is 0 Å². The number of thiophene rings is 1. The van der Waals surface area contributed by atoms with Gasteiger partial charge in [0, 0.05) is 36.1 Å². The Labute approximate surface area is 125 Å². The Bertz CT molecular complexity index is 539. The van der Waals surface area contributed by atoms with E-state index >= 15 is 0 Å². The van der Waals surface area contributed by atoms with Crippen LogP contribution in [-0.2, 0) is 6.42 Å². The SMILES string of the molecule is CCOc1cc(N(C)C(C)Cc2cccs2)ccc1N. The number of hydrogen-bond donors (Lipinski definition) is 1. The van der Waals surface area contributed by atoms with Gasteiger partial charge in [0.2, 0.25) is 0 Å². The molecule has 1 heterocycles. The highest BCUT2D eigenvalue weighted by Gasteiger charge is 2.13. The van der Waals surface area contributed by atoms with Gasteiger partial charge in [-0.3, -0.25) is 0 Å². The second-order valence-electron chi connectivity index (χ2n) is 4.90. The third kappa shape index (κ3) is 3.45.